The molecule has 0 bridgehead atoms. The second kappa shape index (κ2) is 4.82. The van der Waals surface area contributed by atoms with E-state index in [2.05, 4.69) is 28.1 Å². The van der Waals surface area contributed by atoms with Gasteiger partial charge in [-0.2, -0.15) is 10.4 Å². The van der Waals surface area contributed by atoms with E-state index in [1.54, 1.807) is 12.4 Å². The lowest BCUT2D eigenvalue weighted by molar-refractivity contribution is 0.308. The fourth-order valence-corrected chi connectivity index (χ4v) is 2.57. The van der Waals surface area contributed by atoms with Crippen LogP contribution in [0.3, 0.4) is 0 Å². The third kappa shape index (κ3) is 2.11. The number of aromatic nitrogens is 3. The average molecular weight is 253 g/mol. The lowest BCUT2D eigenvalue weighted by atomic mass is 10.0. The topological polar surface area (TPSA) is 57.7 Å². The molecule has 3 rings (SSSR count). The Morgan fingerprint density at radius 3 is 2.89 bits per heavy atom. The van der Waals surface area contributed by atoms with E-state index in [1.165, 1.54) is 11.3 Å². The van der Waals surface area contributed by atoms with Crippen molar-refractivity contribution in [3.8, 4) is 17.3 Å². The molecule has 19 heavy (non-hydrogen) atoms. The van der Waals surface area contributed by atoms with E-state index in [0.717, 1.165) is 30.8 Å². The predicted molar refractivity (Wildman–Crippen MR) is 71.1 cm³/mol. The Kier molecular flexibility index (Phi) is 3.02. The minimum atomic E-state index is 0.317. The van der Waals surface area contributed by atoms with Crippen LogP contribution in [-0.4, -0.2) is 33.3 Å². The molecule has 1 aliphatic heterocycles. The van der Waals surface area contributed by atoms with Gasteiger partial charge in [0.05, 0.1) is 11.8 Å². The molecule has 2 aromatic rings. The van der Waals surface area contributed by atoms with Crippen LogP contribution in [0.4, 0.5) is 0 Å². The van der Waals surface area contributed by atoms with Gasteiger partial charge in [0, 0.05) is 48.7 Å². The molecule has 0 radical (unpaired) electrons. The summed E-state index contributed by atoms with van der Waals surface area (Å²) in [5.41, 5.74) is 4.50. The number of pyridine rings is 1. The molecule has 1 aliphatic rings. The third-order valence-corrected chi connectivity index (χ3v) is 3.50. The van der Waals surface area contributed by atoms with Crippen LogP contribution in [0.1, 0.15) is 11.3 Å². The molecule has 0 unspecified atom stereocenters. The third-order valence-electron chi connectivity index (χ3n) is 3.50. The van der Waals surface area contributed by atoms with Crippen LogP contribution < -0.4 is 0 Å². The monoisotopic (exact) mass is 253 g/mol. The van der Waals surface area contributed by atoms with Crippen LogP contribution in [0.15, 0.2) is 24.5 Å². The van der Waals surface area contributed by atoms with Crippen molar-refractivity contribution in [2.24, 2.45) is 0 Å². The maximum absolute atomic E-state index is 8.92. The lowest BCUT2D eigenvalue weighted by Crippen LogP contribution is -2.27. The highest BCUT2D eigenvalue weighted by molar-refractivity contribution is 5.64. The zero-order valence-electron chi connectivity index (χ0n) is 10.9. The molecule has 0 spiro atoms. The molecule has 5 heteroatoms. The summed E-state index contributed by atoms with van der Waals surface area (Å²) in [5, 5.41) is 13.5. The molecule has 0 amide bonds. The van der Waals surface area contributed by atoms with Crippen LogP contribution in [0.2, 0.25) is 0 Å². The quantitative estimate of drug-likeness (QED) is 0.813. The first-order valence-corrected chi connectivity index (χ1v) is 6.34. The number of fused-ring (bicyclic) bond motifs is 1. The van der Waals surface area contributed by atoms with Gasteiger partial charge in [-0.25, -0.2) is 0 Å². The zero-order chi connectivity index (χ0) is 13.2. The summed E-state index contributed by atoms with van der Waals surface area (Å²) in [4.78, 5) is 6.33. The van der Waals surface area contributed by atoms with E-state index in [-0.39, 0.29) is 0 Å². The van der Waals surface area contributed by atoms with Crippen LogP contribution >= 0.6 is 0 Å². The standard InChI is InChI=1S/C14H15N5/c1-18-8-4-13-12(10-18)14(17-19(13)9-5-15)11-2-6-16-7-3-11/h2-3,6-7H,4,8-10H2,1H3. The number of hydrogen-bond donors (Lipinski definition) is 0. The molecule has 0 saturated heterocycles. The number of likely N-dealkylation sites (N-methyl/N-ethyl adjacent to an activating group) is 1. The number of hydrogen-bond acceptors (Lipinski definition) is 4. The highest BCUT2D eigenvalue weighted by atomic mass is 15.3. The van der Waals surface area contributed by atoms with Gasteiger partial charge in [0.2, 0.25) is 0 Å². The molecule has 0 aromatic carbocycles. The predicted octanol–water partition coefficient (Wildman–Crippen LogP) is 1.46. The summed E-state index contributed by atoms with van der Waals surface area (Å²) in [6, 6.07) is 6.12. The second-order valence-electron chi connectivity index (χ2n) is 4.81. The van der Waals surface area contributed by atoms with E-state index in [9.17, 15) is 0 Å². The summed E-state index contributed by atoms with van der Waals surface area (Å²) < 4.78 is 1.85. The van der Waals surface area contributed by atoms with Crippen molar-refractivity contribution in [3.05, 3.63) is 35.8 Å². The van der Waals surface area contributed by atoms with Crippen LogP contribution in [-0.2, 0) is 19.5 Å². The Balaban J connectivity index is 2.12. The molecule has 2 aromatic heterocycles. The van der Waals surface area contributed by atoms with Crippen molar-refractivity contribution in [1.29, 1.82) is 5.26 Å². The fourth-order valence-electron chi connectivity index (χ4n) is 2.57. The van der Waals surface area contributed by atoms with E-state index in [4.69, 9.17) is 5.26 Å². The summed E-state index contributed by atoms with van der Waals surface area (Å²) >= 11 is 0. The molecule has 0 N–H and O–H groups in total. The summed E-state index contributed by atoms with van der Waals surface area (Å²) in [6.45, 7) is 2.22. The Hall–Kier alpha value is -2.19. The smallest absolute Gasteiger partial charge is 0.128 e. The minimum Gasteiger partial charge on any atom is -0.302 e. The molecule has 0 aliphatic carbocycles. The Morgan fingerprint density at radius 2 is 2.16 bits per heavy atom. The van der Waals surface area contributed by atoms with Crippen molar-refractivity contribution >= 4 is 0 Å². The summed E-state index contributed by atoms with van der Waals surface area (Å²) in [6.07, 6.45) is 4.50. The summed E-state index contributed by atoms with van der Waals surface area (Å²) in [5.74, 6) is 0. The van der Waals surface area contributed by atoms with E-state index >= 15 is 0 Å². The van der Waals surface area contributed by atoms with E-state index < -0.39 is 0 Å². The Bertz CT molecular complexity index is 623. The van der Waals surface area contributed by atoms with Crippen molar-refractivity contribution < 1.29 is 0 Å². The number of nitriles is 1. The van der Waals surface area contributed by atoms with E-state index in [0.29, 0.717) is 6.54 Å². The lowest BCUT2D eigenvalue weighted by Gasteiger charge is -2.23. The van der Waals surface area contributed by atoms with Crippen LogP contribution in [0, 0.1) is 11.3 Å². The van der Waals surface area contributed by atoms with Crippen LogP contribution in [0.5, 0.6) is 0 Å². The first-order chi connectivity index (χ1) is 9.29. The summed E-state index contributed by atoms with van der Waals surface area (Å²) in [7, 11) is 2.11. The number of rotatable bonds is 2. The largest absolute Gasteiger partial charge is 0.302 e. The van der Waals surface area contributed by atoms with Gasteiger partial charge in [-0.05, 0) is 19.2 Å². The van der Waals surface area contributed by atoms with Gasteiger partial charge in [0.1, 0.15) is 6.54 Å². The fraction of sp³-hybridized carbons (Fsp3) is 0.357. The van der Waals surface area contributed by atoms with Gasteiger partial charge < -0.3 is 4.90 Å². The molecular formula is C14H15N5. The van der Waals surface area contributed by atoms with E-state index in [1.807, 2.05) is 16.8 Å². The second-order valence-corrected chi connectivity index (χ2v) is 4.81. The molecule has 0 fully saturated rings. The van der Waals surface area contributed by atoms with Gasteiger partial charge in [0.15, 0.2) is 0 Å². The highest BCUT2D eigenvalue weighted by Gasteiger charge is 2.23. The molecule has 0 atom stereocenters. The van der Waals surface area contributed by atoms with Crippen molar-refractivity contribution in [3.63, 3.8) is 0 Å². The normalized spacial score (nSPS) is 14.9. The van der Waals surface area contributed by atoms with Gasteiger partial charge >= 0.3 is 0 Å². The van der Waals surface area contributed by atoms with Crippen molar-refractivity contribution in [2.45, 2.75) is 19.5 Å². The minimum absolute atomic E-state index is 0.317. The average Bonchev–Trinajstić information content (AvgIpc) is 2.78. The van der Waals surface area contributed by atoms with Crippen LogP contribution in [0.25, 0.3) is 11.3 Å². The SMILES string of the molecule is CN1CCc2c(c(-c3ccncc3)nn2CC#N)C1. The van der Waals surface area contributed by atoms with Gasteiger partial charge in [-0.3, -0.25) is 9.67 Å². The van der Waals surface area contributed by atoms with Gasteiger partial charge in [0.25, 0.3) is 0 Å². The first kappa shape index (κ1) is 11.9. The zero-order valence-corrected chi connectivity index (χ0v) is 10.9. The highest BCUT2D eigenvalue weighted by Crippen LogP contribution is 2.29. The van der Waals surface area contributed by atoms with Crippen molar-refractivity contribution in [1.82, 2.24) is 19.7 Å². The molecule has 96 valence electrons. The Morgan fingerprint density at radius 1 is 1.37 bits per heavy atom. The molecule has 0 saturated carbocycles. The molecule has 5 nitrogen and oxygen atoms in total. The molecular weight excluding hydrogens is 238 g/mol. The maximum Gasteiger partial charge on any atom is 0.128 e. The first-order valence-electron chi connectivity index (χ1n) is 6.34. The Labute approximate surface area is 112 Å². The van der Waals surface area contributed by atoms with Gasteiger partial charge in [-0.1, -0.05) is 0 Å². The number of nitrogens with zero attached hydrogens (tertiary/aromatic N) is 5. The van der Waals surface area contributed by atoms with Crippen molar-refractivity contribution in [2.75, 3.05) is 13.6 Å². The maximum atomic E-state index is 8.92. The van der Waals surface area contributed by atoms with Gasteiger partial charge in [-0.15, -0.1) is 0 Å². The molecule has 3 heterocycles.